The van der Waals surface area contributed by atoms with Crippen molar-refractivity contribution in [3.8, 4) is 0 Å². The second-order valence-electron chi connectivity index (χ2n) is 5.61. The van der Waals surface area contributed by atoms with Gasteiger partial charge in [-0.15, -0.1) is 0 Å². The van der Waals surface area contributed by atoms with E-state index in [0.29, 0.717) is 6.08 Å². The van der Waals surface area contributed by atoms with Crippen LogP contribution in [-0.4, -0.2) is 60.5 Å². The Morgan fingerprint density at radius 3 is 1.42 bits per heavy atom. The van der Waals surface area contributed by atoms with Gasteiger partial charge < -0.3 is 4.74 Å². The monoisotopic (exact) mass is 500 g/mol. The van der Waals surface area contributed by atoms with Gasteiger partial charge >= 0.3 is 53.9 Å². The first-order valence-corrected chi connectivity index (χ1v) is 7.12. The molecule has 0 aromatic carbocycles. The molecule has 18 heteroatoms. The normalized spacial score (nSPS) is 15.7. The lowest BCUT2D eigenvalue weighted by atomic mass is 9.89. The average molecular weight is 500 g/mol. The van der Waals surface area contributed by atoms with Crippen molar-refractivity contribution < 1.29 is 79.8 Å². The lowest BCUT2D eigenvalue weighted by molar-refractivity contribution is -0.447. The number of halogens is 16. The Morgan fingerprint density at radius 2 is 1.06 bits per heavy atom. The Balaban J connectivity index is 6.40. The number of carbonyl (C=O) groups excluding carboxylic acids is 1. The van der Waals surface area contributed by atoms with E-state index in [1.54, 1.807) is 0 Å². The van der Waals surface area contributed by atoms with Gasteiger partial charge in [0.15, 0.2) is 6.61 Å². The third-order valence-electron chi connectivity index (χ3n) is 3.43. The number of hydrogen-bond donors (Lipinski definition) is 0. The first kappa shape index (κ1) is 29.1. The molecular weight excluding hydrogens is 492 g/mol. The van der Waals surface area contributed by atoms with Crippen molar-refractivity contribution >= 4 is 5.97 Å². The zero-order valence-corrected chi connectivity index (χ0v) is 14.3. The van der Waals surface area contributed by atoms with E-state index in [-0.39, 0.29) is 6.08 Å². The second-order valence-corrected chi connectivity index (χ2v) is 5.61. The number of ether oxygens (including phenoxy) is 1. The van der Waals surface area contributed by atoms with Gasteiger partial charge in [-0.25, -0.2) is 13.6 Å². The average Bonchev–Trinajstić information content (AvgIpc) is 2.59. The molecule has 0 radical (unpaired) electrons. The molecule has 0 spiro atoms. The van der Waals surface area contributed by atoms with Crippen LogP contribution in [0.2, 0.25) is 0 Å². The molecule has 0 aliphatic heterocycles. The highest BCUT2D eigenvalue weighted by Crippen LogP contribution is 2.62. The van der Waals surface area contributed by atoms with Crippen molar-refractivity contribution in [2.75, 3.05) is 6.61 Å². The fourth-order valence-electron chi connectivity index (χ4n) is 1.60. The summed E-state index contributed by atoms with van der Waals surface area (Å²) in [5.74, 6) is -57.2. The van der Waals surface area contributed by atoms with E-state index in [9.17, 15) is 75.0 Å². The van der Waals surface area contributed by atoms with Gasteiger partial charge in [-0.2, -0.15) is 61.5 Å². The van der Waals surface area contributed by atoms with Crippen LogP contribution in [0, 0.1) is 0 Å². The first-order valence-electron chi connectivity index (χ1n) is 7.12. The number of carbonyl (C=O) groups is 1. The van der Waals surface area contributed by atoms with Crippen LogP contribution in [0.25, 0.3) is 0 Å². The SMILES string of the molecule is CC=CC(=O)OCC(F)(F)C(F)(F)C(F)(F)C(F)(F)C(F)(F)C(F)(F)C(F)(F)C(F)F. The van der Waals surface area contributed by atoms with Gasteiger partial charge in [0, 0.05) is 6.08 Å². The molecule has 0 heterocycles. The molecule has 0 rings (SSSR count). The third kappa shape index (κ3) is 4.25. The Kier molecular flexibility index (Phi) is 7.71. The maximum absolute atomic E-state index is 13.4. The summed E-state index contributed by atoms with van der Waals surface area (Å²) in [6.45, 7) is -2.18. The van der Waals surface area contributed by atoms with Gasteiger partial charge in [0.1, 0.15) is 0 Å². The zero-order chi connectivity index (χ0) is 25.5. The summed E-state index contributed by atoms with van der Waals surface area (Å²) in [4.78, 5) is 10.7. The first-order chi connectivity index (χ1) is 13.4. The van der Waals surface area contributed by atoms with Gasteiger partial charge in [0.2, 0.25) is 0 Å². The van der Waals surface area contributed by atoms with Crippen LogP contribution in [-0.2, 0) is 9.53 Å². The van der Waals surface area contributed by atoms with Gasteiger partial charge in [0.05, 0.1) is 0 Å². The standard InChI is InChI=1S/C13H8F16O2/c1-2-3-5(30)31-4-7(16,17)9(20,21)11(24,25)13(28,29)12(26,27)10(22,23)8(18,19)6(14)15/h2-3,6H,4H2,1H3. The molecule has 0 amide bonds. The van der Waals surface area contributed by atoms with Crippen LogP contribution in [0.1, 0.15) is 6.92 Å². The van der Waals surface area contributed by atoms with Gasteiger partial charge in [-0.3, -0.25) is 0 Å². The Bertz CT molecular complexity index is 681. The fourth-order valence-corrected chi connectivity index (χ4v) is 1.60. The van der Waals surface area contributed by atoms with Crippen molar-refractivity contribution in [1.29, 1.82) is 0 Å². The molecule has 0 unspecified atom stereocenters. The summed E-state index contributed by atoms with van der Waals surface area (Å²) in [5, 5.41) is 0. The van der Waals surface area contributed by atoms with E-state index >= 15 is 0 Å². The Labute approximate surface area is 160 Å². The van der Waals surface area contributed by atoms with Crippen LogP contribution < -0.4 is 0 Å². The molecule has 0 atom stereocenters. The van der Waals surface area contributed by atoms with Crippen molar-refractivity contribution in [2.24, 2.45) is 0 Å². The maximum atomic E-state index is 13.4. The van der Waals surface area contributed by atoms with Gasteiger partial charge in [-0.05, 0) is 6.92 Å². The summed E-state index contributed by atoms with van der Waals surface area (Å²) < 4.78 is 211. The zero-order valence-electron chi connectivity index (χ0n) is 14.3. The number of rotatable bonds is 10. The summed E-state index contributed by atoms with van der Waals surface area (Å²) in [6.07, 6.45) is -4.97. The predicted octanol–water partition coefficient (Wildman–Crippen LogP) is 5.82. The van der Waals surface area contributed by atoms with E-state index in [1.165, 1.54) is 0 Å². The van der Waals surface area contributed by atoms with Crippen LogP contribution in [0.5, 0.6) is 0 Å². The molecular formula is C13H8F16O2. The maximum Gasteiger partial charge on any atom is 0.385 e. The van der Waals surface area contributed by atoms with Crippen LogP contribution in [0.4, 0.5) is 70.2 Å². The number of hydrogen-bond acceptors (Lipinski definition) is 2. The number of alkyl halides is 16. The molecule has 184 valence electrons. The molecule has 2 nitrogen and oxygen atoms in total. The van der Waals surface area contributed by atoms with Crippen LogP contribution >= 0.6 is 0 Å². The highest BCUT2D eigenvalue weighted by molar-refractivity contribution is 5.81. The lowest BCUT2D eigenvalue weighted by Crippen LogP contribution is -2.74. The third-order valence-corrected chi connectivity index (χ3v) is 3.43. The summed E-state index contributed by atoms with van der Waals surface area (Å²) in [5.41, 5.74) is 0. The fraction of sp³-hybridized carbons (Fsp3) is 0.769. The summed E-state index contributed by atoms with van der Waals surface area (Å²) in [6, 6.07) is 0. The topological polar surface area (TPSA) is 26.3 Å². The molecule has 0 aromatic rings. The highest BCUT2D eigenvalue weighted by Gasteiger charge is 2.93. The van der Waals surface area contributed by atoms with Crippen molar-refractivity contribution in [1.82, 2.24) is 0 Å². The van der Waals surface area contributed by atoms with Gasteiger partial charge in [-0.1, -0.05) is 6.08 Å². The van der Waals surface area contributed by atoms with E-state index in [1.807, 2.05) is 0 Å². The van der Waals surface area contributed by atoms with Crippen molar-refractivity contribution in [3.63, 3.8) is 0 Å². The minimum absolute atomic E-state index is 0.210. The second kappa shape index (κ2) is 8.22. The van der Waals surface area contributed by atoms with Crippen LogP contribution in [0.3, 0.4) is 0 Å². The highest BCUT2D eigenvalue weighted by atomic mass is 19.4. The van der Waals surface area contributed by atoms with Gasteiger partial charge in [0.25, 0.3) is 0 Å². The largest absolute Gasteiger partial charge is 0.456 e. The number of esters is 1. The molecule has 0 bridgehead atoms. The lowest BCUT2D eigenvalue weighted by Gasteiger charge is -2.42. The minimum Gasteiger partial charge on any atom is -0.456 e. The summed E-state index contributed by atoms with van der Waals surface area (Å²) >= 11 is 0. The smallest absolute Gasteiger partial charge is 0.385 e. The molecule has 0 aromatic heterocycles. The van der Waals surface area contributed by atoms with Crippen LogP contribution in [0.15, 0.2) is 12.2 Å². The molecule has 0 saturated carbocycles. The van der Waals surface area contributed by atoms with Crippen molar-refractivity contribution in [2.45, 2.75) is 54.8 Å². The predicted molar refractivity (Wildman–Crippen MR) is 66.4 cm³/mol. The van der Waals surface area contributed by atoms with E-state index in [4.69, 9.17) is 0 Å². The molecule has 0 N–H and O–H groups in total. The molecule has 0 aliphatic carbocycles. The summed E-state index contributed by atoms with van der Waals surface area (Å²) in [7, 11) is 0. The molecule has 0 fully saturated rings. The Morgan fingerprint density at radius 1 is 0.710 bits per heavy atom. The molecule has 0 aliphatic rings. The number of allylic oxidation sites excluding steroid dienone is 1. The van der Waals surface area contributed by atoms with E-state index in [0.717, 1.165) is 6.92 Å². The quantitative estimate of drug-likeness (QED) is 0.215. The Hall–Kier alpha value is -1.91. The van der Waals surface area contributed by atoms with E-state index in [2.05, 4.69) is 4.74 Å². The minimum atomic E-state index is -8.47. The van der Waals surface area contributed by atoms with Crippen molar-refractivity contribution in [3.05, 3.63) is 12.2 Å². The molecule has 31 heavy (non-hydrogen) atoms. The van der Waals surface area contributed by atoms with E-state index < -0.39 is 60.5 Å². The molecule has 0 saturated heterocycles.